The fourth-order valence-corrected chi connectivity index (χ4v) is 2.00. The number of hydrogen-bond acceptors (Lipinski definition) is 4. The van der Waals surface area contributed by atoms with E-state index in [4.69, 9.17) is 10.5 Å². The number of nitrogens with one attached hydrogen (secondary N) is 1. The Morgan fingerprint density at radius 1 is 1.56 bits per heavy atom. The van der Waals surface area contributed by atoms with Gasteiger partial charge < -0.3 is 20.9 Å². The molecule has 98 valence electrons. The van der Waals surface area contributed by atoms with Gasteiger partial charge in [-0.25, -0.2) is 0 Å². The van der Waals surface area contributed by atoms with E-state index >= 15 is 0 Å². The summed E-state index contributed by atoms with van der Waals surface area (Å²) in [6.45, 7) is 0.268. The Labute approximate surface area is 106 Å². The summed E-state index contributed by atoms with van der Waals surface area (Å²) < 4.78 is 5.11. The number of amides is 1. The van der Waals surface area contributed by atoms with Gasteiger partial charge in [0.25, 0.3) is 5.91 Å². The second-order valence-electron chi connectivity index (χ2n) is 4.72. The Kier molecular flexibility index (Phi) is 3.43. The molecule has 0 aliphatic heterocycles. The molecule has 1 aromatic carbocycles. The van der Waals surface area contributed by atoms with Gasteiger partial charge in [-0.15, -0.1) is 0 Å². The van der Waals surface area contributed by atoms with Gasteiger partial charge in [0.1, 0.15) is 5.75 Å². The molecular formula is C13H18N2O3. The van der Waals surface area contributed by atoms with Gasteiger partial charge in [0.15, 0.2) is 0 Å². The molecule has 5 heteroatoms. The van der Waals surface area contributed by atoms with E-state index in [0.29, 0.717) is 17.0 Å². The van der Waals surface area contributed by atoms with Crippen molar-refractivity contribution in [1.82, 2.24) is 5.32 Å². The van der Waals surface area contributed by atoms with E-state index in [1.54, 1.807) is 18.2 Å². The van der Waals surface area contributed by atoms with Crippen LogP contribution in [0.15, 0.2) is 18.2 Å². The van der Waals surface area contributed by atoms with Gasteiger partial charge in [-0.2, -0.15) is 0 Å². The highest BCUT2D eigenvalue weighted by molar-refractivity contribution is 5.97. The largest absolute Gasteiger partial charge is 0.496 e. The van der Waals surface area contributed by atoms with Gasteiger partial charge in [0.05, 0.1) is 18.3 Å². The lowest BCUT2D eigenvalue weighted by Crippen LogP contribution is -2.47. The molecule has 1 amide bonds. The average molecular weight is 250 g/mol. The average Bonchev–Trinajstić information content (AvgIpc) is 2.33. The van der Waals surface area contributed by atoms with Crippen LogP contribution in [0, 0.1) is 0 Å². The van der Waals surface area contributed by atoms with Crippen molar-refractivity contribution in [2.24, 2.45) is 0 Å². The van der Waals surface area contributed by atoms with Gasteiger partial charge in [0.2, 0.25) is 0 Å². The first kappa shape index (κ1) is 12.7. The molecule has 0 spiro atoms. The number of aliphatic hydroxyl groups is 1. The lowest BCUT2D eigenvalue weighted by Gasteiger charge is -2.36. The van der Waals surface area contributed by atoms with Crippen LogP contribution < -0.4 is 15.8 Å². The van der Waals surface area contributed by atoms with Crippen LogP contribution in [0.5, 0.6) is 5.75 Å². The molecular weight excluding hydrogens is 232 g/mol. The summed E-state index contributed by atoms with van der Waals surface area (Å²) in [6.07, 6.45) is 2.48. The Bertz CT molecular complexity index is 456. The van der Waals surface area contributed by atoms with Gasteiger partial charge in [0, 0.05) is 12.2 Å². The summed E-state index contributed by atoms with van der Waals surface area (Å²) >= 11 is 0. The third-order valence-electron chi connectivity index (χ3n) is 3.33. The number of carbonyl (C=O) groups excluding carboxylic acids is 1. The highest BCUT2D eigenvalue weighted by atomic mass is 16.5. The second-order valence-corrected chi connectivity index (χ2v) is 4.72. The molecule has 0 atom stereocenters. The predicted octanol–water partition coefficient (Wildman–Crippen LogP) is 0.922. The first-order valence-electron chi connectivity index (χ1n) is 5.98. The van der Waals surface area contributed by atoms with Crippen molar-refractivity contribution in [2.75, 3.05) is 19.4 Å². The second kappa shape index (κ2) is 4.86. The Morgan fingerprint density at radius 3 is 2.83 bits per heavy atom. The standard InChI is InChI=1S/C13H18N2O3/c1-18-11-4-3-9(14)7-10(11)12(16)15-8-13(17)5-2-6-13/h3-4,7,17H,2,5-6,8,14H2,1H3,(H,15,16). The summed E-state index contributed by atoms with van der Waals surface area (Å²) in [5.74, 6) is 0.196. The molecule has 18 heavy (non-hydrogen) atoms. The minimum absolute atomic E-state index is 0.268. The highest BCUT2D eigenvalue weighted by Gasteiger charge is 2.34. The number of nitrogens with two attached hydrogens (primary N) is 1. The minimum atomic E-state index is -0.733. The van der Waals surface area contributed by atoms with Crippen molar-refractivity contribution in [3.05, 3.63) is 23.8 Å². The van der Waals surface area contributed by atoms with E-state index in [2.05, 4.69) is 5.32 Å². The quantitative estimate of drug-likeness (QED) is 0.694. The molecule has 1 aliphatic rings. The van der Waals surface area contributed by atoms with Crippen molar-refractivity contribution in [3.8, 4) is 5.75 Å². The number of carbonyl (C=O) groups is 1. The maximum Gasteiger partial charge on any atom is 0.255 e. The molecule has 0 aromatic heterocycles. The molecule has 0 unspecified atom stereocenters. The lowest BCUT2D eigenvalue weighted by molar-refractivity contribution is -0.0300. The van der Waals surface area contributed by atoms with Gasteiger partial charge in [-0.05, 0) is 37.5 Å². The van der Waals surface area contributed by atoms with E-state index in [0.717, 1.165) is 19.3 Å². The molecule has 1 fully saturated rings. The SMILES string of the molecule is COc1ccc(N)cc1C(=O)NCC1(O)CCC1. The van der Waals surface area contributed by atoms with Crippen LogP contribution in [0.3, 0.4) is 0 Å². The number of rotatable bonds is 4. The normalized spacial score (nSPS) is 16.8. The van der Waals surface area contributed by atoms with E-state index in [9.17, 15) is 9.90 Å². The van der Waals surface area contributed by atoms with Crippen LogP contribution in [-0.4, -0.2) is 30.3 Å². The van der Waals surface area contributed by atoms with Crippen LogP contribution in [-0.2, 0) is 0 Å². The Hall–Kier alpha value is -1.75. The summed E-state index contributed by atoms with van der Waals surface area (Å²) in [6, 6.07) is 4.90. The molecule has 1 saturated carbocycles. The number of hydrogen-bond donors (Lipinski definition) is 3. The van der Waals surface area contributed by atoms with E-state index in [1.165, 1.54) is 7.11 Å². The van der Waals surface area contributed by atoms with Crippen molar-refractivity contribution in [2.45, 2.75) is 24.9 Å². The van der Waals surface area contributed by atoms with Gasteiger partial charge in [-0.1, -0.05) is 0 Å². The summed E-state index contributed by atoms with van der Waals surface area (Å²) in [4.78, 5) is 12.0. The molecule has 2 rings (SSSR count). The minimum Gasteiger partial charge on any atom is -0.496 e. The van der Waals surface area contributed by atoms with Crippen LogP contribution >= 0.6 is 0 Å². The molecule has 0 saturated heterocycles. The fourth-order valence-electron chi connectivity index (χ4n) is 2.00. The summed E-state index contributed by atoms with van der Waals surface area (Å²) in [5.41, 5.74) is 5.81. The topological polar surface area (TPSA) is 84.6 Å². The number of ether oxygens (including phenoxy) is 1. The van der Waals surface area contributed by atoms with Gasteiger partial charge in [-0.3, -0.25) is 4.79 Å². The highest BCUT2D eigenvalue weighted by Crippen LogP contribution is 2.30. The molecule has 0 heterocycles. The maximum atomic E-state index is 12.0. The van der Waals surface area contributed by atoms with Crippen molar-refractivity contribution in [1.29, 1.82) is 0 Å². The van der Waals surface area contributed by atoms with E-state index in [-0.39, 0.29) is 12.5 Å². The third kappa shape index (κ3) is 2.56. The van der Waals surface area contributed by atoms with Crippen LogP contribution in [0.1, 0.15) is 29.6 Å². The molecule has 4 N–H and O–H groups in total. The molecule has 5 nitrogen and oxygen atoms in total. The zero-order chi connectivity index (χ0) is 13.2. The van der Waals surface area contributed by atoms with Crippen LogP contribution in [0.4, 0.5) is 5.69 Å². The van der Waals surface area contributed by atoms with Crippen molar-refractivity contribution in [3.63, 3.8) is 0 Å². The smallest absolute Gasteiger partial charge is 0.255 e. The summed E-state index contributed by atoms with van der Waals surface area (Å²) in [7, 11) is 1.50. The zero-order valence-electron chi connectivity index (χ0n) is 10.4. The predicted molar refractivity (Wildman–Crippen MR) is 68.5 cm³/mol. The van der Waals surface area contributed by atoms with Gasteiger partial charge >= 0.3 is 0 Å². The first-order valence-corrected chi connectivity index (χ1v) is 5.98. The molecule has 1 aliphatic carbocycles. The van der Waals surface area contributed by atoms with Crippen molar-refractivity contribution < 1.29 is 14.6 Å². The number of nitrogen functional groups attached to an aromatic ring is 1. The summed E-state index contributed by atoms with van der Waals surface area (Å²) in [5, 5.41) is 12.6. The van der Waals surface area contributed by atoms with Crippen LogP contribution in [0.2, 0.25) is 0 Å². The third-order valence-corrected chi connectivity index (χ3v) is 3.33. The Balaban J connectivity index is 2.05. The fraction of sp³-hybridized carbons (Fsp3) is 0.462. The number of anilines is 1. The lowest BCUT2D eigenvalue weighted by atomic mass is 9.80. The number of benzene rings is 1. The molecule has 1 aromatic rings. The van der Waals surface area contributed by atoms with Crippen molar-refractivity contribution >= 4 is 11.6 Å². The zero-order valence-corrected chi connectivity index (χ0v) is 10.4. The van der Waals surface area contributed by atoms with E-state index < -0.39 is 5.60 Å². The maximum absolute atomic E-state index is 12.0. The number of methoxy groups -OCH3 is 1. The molecule has 0 bridgehead atoms. The van der Waals surface area contributed by atoms with E-state index in [1.807, 2.05) is 0 Å². The monoisotopic (exact) mass is 250 g/mol. The van der Waals surface area contributed by atoms with Crippen LogP contribution in [0.25, 0.3) is 0 Å². The first-order chi connectivity index (χ1) is 8.54. The molecule has 0 radical (unpaired) electrons. The Morgan fingerprint density at radius 2 is 2.28 bits per heavy atom.